The lowest BCUT2D eigenvalue weighted by atomic mass is 10.2. The summed E-state index contributed by atoms with van der Waals surface area (Å²) < 4.78 is 5.15. The van der Waals surface area contributed by atoms with Gasteiger partial charge in [0.2, 0.25) is 0 Å². The number of nitrogens with zero attached hydrogens (tertiary/aromatic N) is 3. The predicted molar refractivity (Wildman–Crippen MR) is 95.3 cm³/mol. The Hall–Kier alpha value is -2.85. The van der Waals surface area contributed by atoms with Crippen LogP contribution in [0, 0.1) is 11.3 Å². The Morgan fingerprint density at radius 1 is 1.24 bits per heavy atom. The maximum atomic E-state index is 12.5. The van der Waals surface area contributed by atoms with Crippen molar-refractivity contribution in [2.45, 2.75) is 11.4 Å². The van der Waals surface area contributed by atoms with Crippen molar-refractivity contribution in [3.63, 3.8) is 0 Å². The number of pyridine rings is 1. The molecule has 128 valence electrons. The summed E-state index contributed by atoms with van der Waals surface area (Å²) in [6.45, 7) is -0.165. The summed E-state index contributed by atoms with van der Waals surface area (Å²) in [7, 11) is 0. The van der Waals surface area contributed by atoms with Gasteiger partial charge >= 0.3 is 5.97 Å². The predicted octanol–water partition coefficient (Wildman–Crippen LogP) is 2.91. The van der Waals surface area contributed by atoms with Gasteiger partial charge in [-0.3, -0.25) is 4.79 Å². The van der Waals surface area contributed by atoms with Gasteiger partial charge in [-0.05, 0) is 30.5 Å². The molecular weight excluding hydrogens is 338 g/mol. The van der Waals surface area contributed by atoms with Gasteiger partial charge in [-0.25, -0.2) is 9.78 Å². The van der Waals surface area contributed by atoms with Gasteiger partial charge < -0.3 is 9.64 Å². The maximum absolute atomic E-state index is 12.5. The highest BCUT2D eigenvalue weighted by Crippen LogP contribution is 2.18. The van der Waals surface area contributed by atoms with Gasteiger partial charge in [0.1, 0.15) is 5.03 Å². The van der Waals surface area contributed by atoms with Crippen LogP contribution in [0.15, 0.2) is 53.7 Å². The summed E-state index contributed by atoms with van der Waals surface area (Å²) in [4.78, 5) is 30.2. The molecule has 0 fully saturated rings. The second-order valence-electron chi connectivity index (χ2n) is 4.93. The zero-order chi connectivity index (χ0) is 18.1. The lowest BCUT2D eigenvalue weighted by Crippen LogP contribution is -2.35. The van der Waals surface area contributed by atoms with Crippen molar-refractivity contribution in [2.75, 3.05) is 24.3 Å². The third kappa shape index (κ3) is 5.06. The molecule has 0 saturated heterocycles. The molecule has 0 saturated carbocycles. The number of carbonyl (C=O) groups excluding carboxylic acids is 2. The molecule has 0 radical (unpaired) electrons. The Balaban J connectivity index is 2.06. The van der Waals surface area contributed by atoms with Gasteiger partial charge in [-0.1, -0.05) is 18.2 Å². The number of thioether (sulfide) groups is 1. The van der Waals surface area contributed by atoms with Crippen LogP contribution in [-0.2, 0) is 9.53 Å². The Bertz CT molecular complexity index is 775. The van der Waals surface area contributed by atoms with E-state index in [1.807, 2.05) is 18.4 Å². The number of aromatic nitrogens is 1. The molecular formula is C18H17N3O3S. The summed E-state index contributed by atoms with van der Waals surface area (Å²) in [5.41, 5.74) is 0.982. The second kappa shape index (κ2) is 9.45. The monoisotopic (exact) mass is 355 g/mol. The number of ether oxygens (including phenoxy) is 1. The molecule has 0 atom stereocenters. The normalized spacial score (nSPS) is 9.92. The molecule has 0 aliphatic carbocycles. The Morgan fingerprint density at radius 2 is 2.00 bits per heavy atom. The van der Waals surface area contributed by atoms with E-state index in [4.69, 9.17) is 10.00 Å². The molecule has 25 heavy (non-hydrogen) atoms. The van der Waals surface area contributed by atoms with E-state index in [0.29, 0.717) is 16.3 Å². The van der Waals surface area contributed by atoms with Crippen molar-refractivity contribution in [1.29, 1.82) is 5.26 Å². The number of rotatable bonds is 7. The van der Waals surface area contributed by atoms with Gasteiger partial charge in [0.15, 0.2) is 6.61 Å². The number of carbonyl (C=O) groups is 2. The highest BCUT2D eigenvalue weighted by molar-refractivity contribution is 7.98. The SMILES string of the molecule is CSc1ncccc1C(=O)OCC(=O)N(CCC#N)c1ccccc1. The summed E-state index contributed by atoms with van der Waals surface area (Å²) in [6, 6.07) is 14.2. The number of hydrogen-bond donors (Lipinski definition) is 0. The number of esters is 1. The van der Waals surface area contributed by atoms with Crippen molar-refractivity contribution >= 4 is 29.3 Å². The molecule has 0 bridgehead atoms. The van der Waals surface area contributed by atoms with Crippen LogP contribution >= 0.6 is 11.8 Å². The van der Waals surface area contributed by atoms with Gasteiger partial charge in [-0.2, -0.15) is 5.26 Å². The molecule has 0 spiro atoms. The molecule has 2 aromatic rings. The summed E-state index contributed by atoms with van der Waals surface area (Å²) in [5.74, 6) is -0.983. The lowest BCUT2D eigenvalue weighted by molar-refractivity contribution is -0.121. The maximum Gasteiger partial charge on any atom is 0.341 e. The minimum atomic E-state index is -0.598. The average Bonchev–Trinajstić information content (AvgIpc) is 2.67. The number of benzene rings is 1. The number of amides is 1. The fourth-order valence-corrected chi connectivity index (χ4v) is 2.70. The van der Waals surface area contributed by atoms with E-state index in [9.17, 15) is 9.59 Å². The van der Waals surface area contributed by atoms with Gasteiger partial charge in [0.25, 0.3) is 5.91 Å². The summed E-state index contributed by atoms with van der Waals surface area (Å²) >= 11 is 1.33. The molecule has 1 amide bonds. The first-order valence-corrected chi connectivity index (χ1v) is 8.78. The van der Waals surface area contributed by atoms with Crippen LogP contribution in [0.1, 0.15) is 16.8 Å². The summed E-state index contributed by atoms with van der Waals surface area (Å²) in [6.07, 6.45) is 3.59. The topological polar surface area (TPSA) is 83.3 Å². The fraction of sp³-hybridized carbons (Fsp3) is 0.222. The van der Waals surface area contributed by atoms with Gasteiger partial charge in [-0.15, -0.1) is 11.8 Å². The standard InChI is InChI=1S/C18H17N3O3S/c1-25-17-15(9-5-11-20-17)18(23)24-13-16(22)21(12-6-10-19)14-7-3-2-4-8-14/h2-5,7-9,11H,6,12-13H2,1H3. The largest absolute Gasteiger partial charge is 0.452 e. The quantitative estimate of drug-likeness (QED) is 0.561. The van der Waals surface area contributed by atoms with Crippen molar-refractivity contribution < 1.29 is 14.3 Å². The molecule has 0 aliphatic heterocycles. The van der Waals surface area contributed by atoms with Crippen molar-refractivity contribution in [2.24, 2.45) is 0 Å². The van der Waals surface area contributed by atoms with Crippen molar-refractivity contribution in [1.82, 2.24) is 4.98 Å². The molecule has 0 N–H and O–H groups in total. The van der Waals surface area contributed by atoms with Crippen LogP contribution in [0.25, 0.3) is 0 Å². The van der Waals surface area contributed by atoms with Gasteiger partial charge in [0, 0.05) is 18.4 Å². The van der Waals surface area contributed by atoms with E-state index in [1.54, 1.807) is 42.6 Å². The zero-order valence-electron chi connectivity index (χ0n) is 13.7. The third-order valence-corrected chi connectivity index (χ3v) is 4.04. The van der Waals surface area contributed by atoms with Crippen molar-refractivity contribution in [3.05, 3.63) is 54.2 Å². The van der Waals surface area contributed by atoms with Crippen molar-refractivity contribution in [3.8, 4) is 6.07 Å². The van der Waals surface area contributed by atoms with Crippen LogP contribution in [0.5, 0.6) is 0 Å². The Kier molecular flexibility index (Phi) is 6.99. The van der Waals surface area contributed by atoms with E-state index in [-0.39, 0.29) is 18.9 Å². The van der Waals surface area contributed by atoms with Crippen LogP contribution < -0.4 is 4.90 Å². The van der Waals surface area contributed by atoms with Crippen LogP contribution in [0.4, 0.5) is 5.69 Å². The van der Waals surface area contributed by atoms with E-state index in [1.165, 1.54) is 16.7 Å². The number of anilines is 1. The number of hydrogen-bond acceptors (Lipinski definition) is 6. The van der Waals surface area contributed by atoms with E-state index in [0.717, 1.165) is 0 Å². The third-order valence-electron chi connectivity index (χ3n) is 3.33. The number of nitriles is 1. The molecule has 0 aliphatic rings. The number of para-hydroxylation sites is 1. The van der Waals surface area contributed by atoms with Crippen LogP contribution in [0.2, 0.25) is 0 Å². The molecule has 2 rings (SSSR count). The summed E-state index contributed by atoms with van der Waals surface area (Å²) in [5, 5.41) is 9.33. The molecule has 6 nitrogen and oxygen atoms in total. The zero-order valence-corrected chi connectivity index (χ0v) is 14.5. The van der Waals surface area contributed by atoms with Gasteiger partial charge in [0.05, 0.1) is 18.1 Å². The average molecular weight is 355 g/mol. The first-order chi connectivity index (χ1) is 12.2. The minimum Gasteiger partial charge on any atom is -0.452 e. The lowest BCUT2D eigenvalue weighted by Gasteiger charge is -2.21. The highest BCUT2D eigenvalue weighted by atomic mass is 32.2. The fourth-order valence-electron chi connectivity index (χ4n) is 2.16. The van der Waals surface area contributed by atoms with E-state index >= 15 is 0 Å². The molecule has 7 heteroatoms. The van der Waals surface area contributed by atoms with E-state index in [2.05, 4.69) is 4.98 Å². The molecule has 1 aromatic carbocycles. The Morgan fingerprint density at radius 3 is 2.68 bits per heavy atom. The van der Waals surface area contributed by atoms with Crippen LogP contribution in [0.3, 0.4) is 0 Å². The van der Waals surface area contributed by atoms with E-state index < -0.39 is 12.6 Å². The Labute approximate surface area is 150 Å². The molecule has 0 unspecified atom stereocenters. The molecule has 1 aromatic heterocycles. The highest BCUT2D eigenvalue weighted by Gasteiger charge is 2.19. The first kappa shape index (κ1) is 18.5. The van der Waals surface area contributed by atoms with Crippen LogP contribution in [-0.4, -0.2) is 36.3 Å². The smallest absolute Gasteiger partial charge is 0.341 e. The second-order valence-corrected chi connectivity index (χ2v) is 5.72. The first-order valence-electron chi connectivity index (χ1n) is 7.56. The molecule has 1 heterocycles. The minimum absolute atomic E-state index is 0.188.